The molecule has 1 aliphatic carbocycles. The largest absolute Gasteiger partial charge is 0.229 e. The first-order valence-corrected chi connectivity index (χ1v) is 6.16. The SMILES string of the molecule is CC(C)(C)C1=CC(F)C#CCC(C(C)(C)C)=C1. The van der Waals surface area contributed by atoms with Crippen molar-refractivity contribution in [3.05, 3.63) is 23.3 Å². The van der Waals surface area contributed by atoms with Gasteiger partial charge in [0.2, 0.25) is 0 Å². The summed E-state index contributed by atoms with van der Waals surface area (Å²) >= 11 is 0. The first-order chi connectivity index (χ1) is 7.60. The normalized spacial score (nSPS) is 21.7. The predicted molar refractivity (Wildman–Crippen MR) is 72.4 cm³/mol. The van der Waals surface area contributed by atoms with Gasteiger partial charge in [0.15, 0.2) is 6.17 Å². The van der Waals surface area contributed by atoms with E-state index in [1.165, 1.54) is 5.57 Å². The summed E-state index contributed by atoms with van der Waals surface area (Å²) in [5.74, 6) is 5.58. The van der Waals surface area contributed by atoms with Crippen LogP contribution in [0.15, 0.2) is 23.3 Å². The average molecular weight is 234 g/mol. The Balaban J connectivity index is 3.25. The van der Waals surface area contributed by atoms with Crippen LogP contribution in [0.2, 0.25) is 0 Å². The van der Waals surface area contributed by atoms with Crippen LogP contribution in [-0.2, 0) is 0 Å². The average Bonchev–Trinajstić information content (AvgIpc) is 2.06. The van der Waals surface area contributed by atoms with E-state index in [0.29, 0.717) is 6.42 Å². The summed E-state index contributed by atoms with van der Waals surface area (Å²) in [6, 6.07) is 0. The topological polar surface area (TPSA) is 0 Å². The third-order valence-electron chi connectivity index (χ3n) is 3.00. The van der Waals surface area contributed by atoms with Gasteiger partial charge in [-0.3, -0.25) is 0 Å². The van der Waals surface area contributed by atoms with Crippen LogP contribution in [-0.4, -0.2) is 6.17 Å². The van der Waals surface area contributed by atoms with Crippen LogP contribution in [0.1, 0.15) is 48.0 Å². The van der Waals surface area contributed by atoms with Gasteiger partial charge in [-0.15, -0.1) is 0 Å². The summed E-state index contributed by atoms with van der Waals surface area (Å²) in [5, 5.41) is 0. The molecule has 0 aromatic carbocycles. The molecule has 94 valence electrons. The molecule has 0 amide bonds. The lowest BCUT2D eigenvalue weighted by molar-refractivity contribution is 0.453. The van der Waals surface area contributed by atoms with Crippen molar-refractivity contribution in [2.45, 2.75) is 54.1 Å². The van der Waals surface area contributed by atoms with E-state index >= 15 is 0 Å². The molecule has 1 rings (SSSR count). The fraction of sp³-hybridized carbons (Fsp3) is 0.625. The van der Waals surface area contributed by atoms with Crippen molar-refractivity contribution in [3.8, 4) is 11.8 Å². The highest BCUT2D eigenvalue weighted by Crippen LogP contribution is 2.34. The minimum atomic E-state index is -1.14. The Morgan fingerprint density at radius 3 is 2.18 bits per heavy atom. The number of hydrogen-bond acceptors (Lipinski definition) is 0. The fourth-order valence-electron chi connectivity index (χ4n) is 1.68. The summed E-state index contributed by atoms with van der Waals surface area (Å²) in [4.78, 5) is 0. The van der Waals surface area contributed by atoms with Crippen molar-refractivity contribution >= 4 is 0 Å². The standard InChI is InChI=1S/C16H23F/c1-15(2,3)12-8-7-9-14(17)11-13(10-12)16(4,5)6/h10-11,14H,8H2,1-6H3. The summed E-state index contributed by atoms with van der Waals surface area (Å²) in [6.45, 7) is 12.9. The fourth-order valence-corrected chi connectivity index (χ4v) is 1.68. The molecule has 0 saturated heterocycles. The molecule has 1 unspecified atom stereocenters. The number of hydrogen-bond donors (Lipinski definition) is 0. The third kappa shape index (κ3) is 4.04. The molecule has 0 aliphatic heterocycles. The molecule has 1 atom stereocenters. The van der Waals surface area contributed by atoms with Gasteiger partial charge in [0.25, 0.3) is 0 Å². The van der Waals surface area contributed by atoms with Crippen LogP contribution >= 0.6 is 0 Å². The van der Waals surface area contributed by atoms with Crippen molar-refractivity contribution in [2.24, 2.45) is 10.8 Å². The first-order valence-electron chi connectivity index (χ1n) is 6.16. The molecule has 0 aromatic rings. The monoisotopic (exact) mass is 234 g/mol. The molecule has 0 fully saturated rings. The zero-order chi connectivity index (χ0) is 13.3. The van der Waals surface area contributed by atoms with E-state index in [-0.39, 0.29) is 10.8 Å². The maximum absolute atomic E-state index is 13.5. The lowest BCUT2D eigenvalue weighted by atomic mass is 9.78. The molecule has 17 heavy (non-hydrogen) atoms. The molecule has 1 heteroatoms. The zero-order valence-electron chi connectivity index (χ0n) is 11.8. The van der Waals surface area contributed by atoms with Gasteiger partial charge < -0.3 is 0 Å². The second kappa shape index (κ2) is 4.69. The van der Waals surface area contributed by atoms with Gasteiger partial charge in [-0.25, -0.2) is 4.39 Å². The van der Waals surface area contributed by atoms with Gasteiger partial charge in [0.05, 0.1) is 0 Å². The molecule has 0 bridgehead atoms. The van der Waals surface area contributed by atoms with E-state index in [4.69, 9.17) is 0 Å². The second-order valence-corrected chi connectivity index (χ2v) is 6.69. The van der Waals surface area contributed by atoms with Crippen molar-refractivity contribution < 1.29 is 4.39 Å². The molecule has 0 spiro atoms. The van der Waals surface area contributed by atoms with Crippen LogP contribution in [0.5, 0.6) is 0 Å². The number of alkyl halides is 1. The Hall–Kier alpha value is -1.03. The van der Waals surface area contributed by atoms with Gasteiger partial charge in [-0.1, -0.05) is 65.0 Å². The molecule has 0 aromatic heterocycles. The molecule has 1 aliphatic rings. The zero-order valence-corrected chi connectivity index (χ0v) is 11.8. The predicted octanol–water partition coefficient (Wildman–Crippen LogP) is 4.68. The minimum Gasteiger partial charge on any atom is -0.229 e. The Labute approximate surface area is 105 Å². The van der Waals surface area contributed by atoms with Crippen molar-refractivity contribution in [3.63, 3.8) is 0 Å². The Kier molecular flexibility index (Phi) is 3.87. The van der Waals surface area contributed by atoms with Crippen molar-refractivity contribution in [1.82, 2.24) is 0 Å². The minimum absolute atomic E-state index is 0.0418. The van der Waals surface area contributed by atoms with E-state index in [1.807, 2.05) is 0 Å². The molecular formula is C16H23F. The summed E-state index contributed by atoms with van der Waals surface area (Å²) in [5.41, 5.74) is 2.36. The van der Waals surface area contributed by atoms with Gasteiger partial charge in [0.1, 0.15) is 0 Å². The van der Waals surface area contributed by atoms with Crippen LogP contribution in [0.25, 0.3) is 0 Å². The van der Waals surface area contributed by atoms with Gasteiger partial charge in [-0.05, 0) is 22.5 Å². The Morgan fingerprint density at radius 1 is 1.12 bits per heavy atom. The second-order valence-electron chi connectivity index (χ2n) is 6.69. The highest BCUT2D eigenvalue weighted by molar-refractivity contribution is 5.37. The van der Waals surface area contributed by atoms with Crippen molar-refractivity contribution in [2.75, 3.05) is 0 Å². The third-order valence-corrected chi connectivity index (χ3v) is 3.00. The number of halogens is 1. The molecular weight excluding hydrogens is 211 g/mol. The number of rotatable bonds is 0. The van der Waals surface area contributed by atoms with Crippen LogP contribution in [0.3, 0.4) is 0 Å². The van der Waals surface area contributed by atoms with Crippen molar-refractivity contribution in [1.29, 1.82) is 0 Å². The van der Waals surface area contributed by atoms with Crippen LogP contribution in [0, 0.1) is 22.7 Å². The van der Waals surface area contributed by atoms with Gasteiger partial charge in [0, 0.05) is 6.42 Å². The van der Waals surface area contributed by atoms with Crippen LogP contribution in [0.4, 0.5) is 4.39 Å². The van der Waals surface area contributed by atoms with Gasteiger partial charge >= 0.3 is 0 Å². The Morgan fingerprint density at radius 2 is 1.71 bits per heavy atom. The number of allylic oxidation sites excluding steroid dienone is 4. The molecule has 0 heterocycles. The maximum atomic E-state index is 13.5. The molecule has 0 nitrogen and oxygen atoms in total. The lowest BCUT2D eigenvalue weighted by Crippen LogP contribution is -2.15. The van der Waals surface area contributed by atoms with Gasteiger partial charge in [-0.2, -0.15) is 0 Å². The summed E-state index contributed by atoms with van der Waals surface area (Å²) < 4.78 is 13.5. The lowest BCUT2D eigenvalue weighted by Gasteiger charge is -2.27. The van der Waals surface area contributed by atoms with E-state index in [0.717, 1.165) is 5.57 Å². The smallest absolute Gasteiger partial charge is 0.179 e. The highest BCUT2D eigenvalue weighted by atomic mass is 19.1. The van der Waals surface area contributed by atoms with Crippen LogP contribution < -0.4 is 0 Å². The van der Waals surface area contributed by atoms with E-state index in [1.54, 1.807) is 6.08 Å². The molecule has 0 radical (unpaired) electrons. The molecule has 0 N–H and O–H groups in total. The first kappa shape index (κ1) is 14.0. The highest BCUT2D eigenvalue weighted by Gasteiger charge is 2.22. The maximum Gasteiger partial charge on any atom is 0.179 e. The Bertz CT molecular complexity index is 400. The summed E-state index contributed by atoms with van der Waals surface area (Å²) in [7, 11) is 0. The van der Waals surface area contributed by atoms with E-state index in [9.17, 15) is 4.39 Å². The molecule has 0 saturated carbocycles. The van der Waals surface area contributed by atoms with E-state index < -0.39 is 6.17 Å². The quantitative estimate of drug-likeness (QED) is 0.534. The summed E-state index contributed by atoms with van der Waals surface area (Å²) in [6.07, 6.45) is 3.32. The van der Waals surface area contributed by atoms with E-state index in [2.05, 4.69) is 59.5 Å².